The second-order valence-electron chi connectivity index (χ2n) is 3.41. The van der Waals surface area contributed by atoms with E-state index in [1.54, 1.807) is 16.7 Å². The molecule has 2 heterocycles. The van der Waals surface area contributed by atoms with Gasteiger partial charge in [-0.2, -0.15) is 11.8 Å². The fraction of sp³-hybridized carbons (Fsp3) is 0.750. The number of amides is 1. The van der Waals surface area contributed by atoms with Gasteiger partial charge in [-0.05, 0) is 12.2 Å². The van der Waals surface area contributed by atoms with E-state index in [-0.39, 0.29) is 5.24 Å². The molecule has 1 unspecified atom stereocenters. The molecule has 4 nitrogen and oxygen atoms in total. The summed E-state index contributed by atoms with van der Waals surface area (Å²) in [6, 6.07) is 0. The van der Waals surface area contributed by atoms with E-state index in [1.807, 2.05) is 0 Å². The van der Waals surface area contributed by atoms with Crippen molar-refractivity contribution in [2.45, 2.75) is 12.0 Å². The summed E-state index contributed by atoms with van der Waals surface area (Å²) in [5, 5.41) is 9.15. The van der Waals surface area contributed by atoms with Gasteiger partial charge in [0, 0.05) is 18.1 Å². The Labute approximate surface area is 90.4 Å². The van der Waals surface area contributed by atoms with Crippen molar-refractivity contribution in [2.24, 2.45) is 0 Å². The summed E-state index contributed by atoms with van der Waals surface area (Å²) in [6.45, 7) is 0.580. The molecule has 2 aliphatic rings. The van der Waals surface area contributed by atoms with Crippen LogP contribution in [0.5, 0.6) is 0 Å². The zero-order chi connectivity index (χ0) is 10.2. The van der Waals surface area contributed by atoms with Crippen molar-refractivity contribution in [1.29, 1.82) is 0 Å². The number of carbonyl (C=O) groups is 2. The third-order valence-corrected chi connectivity index (χ3v) is 4.70. The lowest BCUT2D eigenvalue weighted by Gasteiger charge is -2.33. The Morgan fingerprint density at radius 1 is 1.50 bits per heavy atom. The Hall–Kier alpha value is -0.360. The Balaban J connectivity index is 2.26. The van der Waals surface area contributed by atoms with Crippen LogP contribution >= 0.6 is 23.5 Å². The van der Waals surface area contributed by atoms with Gasteiger partial charge in [0.1, 0.15) is 0 Å². The monoisotopic (exact) mass is 233 g/mol. The van der Waals surface area contributed by atoms with E-state index < -0.39 is 11.5 Å². The Morgan fingerprint density at radius 2 is 2.29 bits per heavy atom. The predicted molar refractivity (Wildman–Crippen MR) is 56.9 cm³/mol. The van der Waals surface area contributed by atoms with Crippen molar-refractivity contribution in [2.75, 3.05) is 23.8 Å². The Kier molecular flexibility index (Phi) is 2.66. The first kappa shape index (κ1) is 10.2. The van der Waals surface area contributed by atoms with Gasteiger partial charge in [-0.1, -0.05) is 11.8 Å². The molecule has 0 saturated carbocycles. The molecule has 0 spiro atoms. The standard InChI is InChI=1S/C8H11NO3S2/c10-6(11)8(1-3-13-5-8)9-2-4-14-7(9)12/h1-5H2,(H,10,11). The molecule has 0 aromatic carbocycles. The minimum absolute atomic E-state index is 0.0742. The van der Waals surface area contributed by atoms with E-state index in [4.69, 9.17) is 0 Å². The van der Waals surface area contributed by atoms with Gasteiger partial charge in [0.2, 0.25) is 0 Å². The number of rotatable bonds is 2. The van der Waals surface area contributed by atoms with Crippen LogP contribution in [0.1, 0.15) is 6.42 Å². The average Bonchev–Trinajstić information content (AvgIpc) is 2.72. The maximum absolute atomic E-state index is 11.5. The number of hydrogen-bond acceptors (Lipinski definition) is 4. The summed E-state index contributed by atoms with van der Waals surface area (Å²) in [5.74, 6) is 1.24. The molecule has 0 radical (unpaired) electrons. The van der Waals surface area contributed by atoms with E-state index >= 15 is 0 Å². The van der Waals surface area contributed by atoms with Crippen molar-refractivity contribution in [3.05, 3.63) is 0 Å². The highest BCUT2D eigenvalue weighted by Crippen LogP contribution is 2.37. The van der Waals surface area contributed by atoms with Crippen LogP contribution in [0.3, 0.4) is 0 Å². The predicted octanol–water partition coefficient (Wildman–Crippen LogP) is 1.12. The lowest BCUT2D eigenvalue weighted by atomic mass is 9.97. The first-order chi connectivity index (χ1) is 6.67. The number of carboxylic acids is 1. The average molecular weight is 233 g/mol. The SMILES string of the molecule is O=C1SCCN1C1(C(=O)O)CCSC1. The van der Waals surface area contributed by atoms with Crippen LogP contribution in [0.4, 0.5) is 4.79 Å². The number of thioether (sulfide) groups is 2. The minimum Gasteiger partial charge on any atom is -0.479 e. The van der Waals surface area contributed by atoms with E-state index in [9.17, 15) is 14.7 Å². The number of hydrogen-bond donors (Lipinski definition) is 1. The molecule has 0 bridgehead atoms. The first-order valence-corrected chi connectivity index (χ1v) is 6.56. The van der Waals surface area contributed by atoms with E-state index in [2.05, 4.69) is 0 Å². The van der Waals surface area contributed by atoms with Crippen molar-refractivity contribution < 1.29 is 14.7 Å². The van der Waals surface area contributed by atoms with Gasteiger partial charge in [-0.25, -0.2) is 4.79 Å². The summed E-state index contributed by atoms with van der Waals surface area (Å²) >= 11 is 2.84. The molecule has 1 atom stereocenters. The topological polar surface area (TPSA) is 57.6 Å². The van der Waals surface area contributed by atoms with Crippen LogP contribution in [0.15, 0.2) is 0 Å². The summed E-state index contributed by atoms with van der Waals surface area (Å²) in [4.78, 5) is 24.3. The second-order valence-corrected chi connectivity index (χ2v) is 5.56. The molecule has 2 fully saturated rings. The number of nitrogens with zero attached hydrogens (tertiary/aromatic N) is 1. The normalized spacial score (nSPS) is 32.6. The minimum atomic E-state index is -0.911. The number of aliphatic carboxylic acids is 1. The molecule has 0 aliphatic carbocycles. The van der Waals surface area contributed by atoms with Crippen molar-refractivity contribution in [3.63, 3.8) is 0 Å². The fourth-order valence-electron chi connectivity index (χ4n) is 1.83. The molecule has 1 amide bonds. The Bertz CT molecular complexity index is 276. The first-order valence-electron chi connectivity index (χ1n) is 4.42. The van der Waals surface area contributed by atoms with Gasteiger partial charge in [0.15, 0.2) is 5.54 Å². The van der Waals surface area contributed by atoms with Crippen LogP contribution in [0.25, 0.3) is 0 Å². The zero-order valence-electron chi connectivity index (χ0n) is 7.56. The molecule has 0 aromatic rings. The summed E-state index contributed by atoms with van der Waals surface area (Å²) in [6.07, 6.45) is 0.583. The van der Waals surface area contributed by atoms with Gasteiger partial charge < -0.3 is 10.0 Å². The van der Waals surface area contributed by atoms with Crippen LogP contribution in [-0.4, -0.2) is 50.6 Å². The lowest BCUT2D eigenvalue weighted by molar-refractivity contribution is -0.147. The van der Waals surface area contributed by atoms with Gasteiger partial charge in [0.25, 0.3) is 5.24 Å². The van der Waals surface area contributed by atoms with Crippen LogP contribution in [0.2, 0.25) is 0 Å². The maximum Gasteiger partial charge on any atom is 0.330 e. The lowest BCUT2D eigenvalue weighted by Crippen LogP contribution is -2.55. The molecule has 6 heteroatoms. The van der Waals surface area contributed by atoms with Crippen LogP contribution < -0.4 is 0 Å². The highest BCUT2D eigenvalue weighted by molar-refractivity contribution is 8.13. The fourth-order valence-corrected chi connectivity index (χ4v) is 4.09. The Morgan fingerprint density at radius 3 is 2.71 bits per heavy atom. The van der Waals surface area contributed by atoms with E-state index in [0.717, 1.165) is 11.5 Å². The highest BCUT2D eigenvalue weighted by Gasteiger charge is 2.50. The molecule has 2 saturated heterocycles. The van der Waals surface area contributed by atoms with Crippen molar-refractivity contribution >= 4 is 34.7 Å². The smallest absolute Gasteiger partial charge is 0.330 e. The summed E-state index contributed by atoms with van der Waals surface area (Å²) in [5.41, 5.74) is -0.911. The number of carbonyl (C=O) groups excluding carboxylic acids is 1. The third-order valence-electron chi connectivity index (χ3n) is 2.68. The van der Waals surface area contributed by atoms with Gasteiger partial charge in [-0.3, -0.25) is 4.79 Å². The molecule has 1 N–H and O–H groups in total. The van der Waals surface area contributed by atoms with Gasteiger partial charge in [0.05, 0.1) is 0 Å². The maximum atomic E-state index is 11.5. The van der Waals surface area contributed by atoms with Gasteiger partial charge in [-0.15, -0.1) is 0 Å². The van der Waals surface area contributed by atoms with Crippen molar-refractivity contribution in [3.8, 4) is 0 Å². The highest BCUT2D eigenvalue weighted by atomic mass is 32.2. The summed E-state index contributed by atoms with van der Waals surface area (Å²) in [7, 11) is 0. The molecule has 14 heavy (non-hydrogen) atoms. The largest absolute Gasteiger partial charge is 0.479 e. The molecule has 78 valence electrons. The molecular formula is C8H11NO3S2. The summed E-state index contributed by atoms with van der Waals surface area (Å²) < 4.78 is 0. The molecule has 0 aromatic heterocycles. The third kappa shape index (κ3) is 1.40. The van der Waals surface area contributed by atoms with Crippen molar-refractivity contribution in [1.82, 2.24) is 4.90 Å². The van der Waals surface area contributed by atoms with Crippen LogP contribution in [-0.2, 0) is 4.79 Å². The second kappa shape index (κ2) is 3.66. The quantitative estimate of drug-likeness (QED) is 0.774. The van der Waals surface area contributed by atoms with E-state index in [0.29, 0.717) is 18.7 Å². The molecule has 2 rings (SSSR count). The van der Waals surface area contributed by atoms with Gasteiger partial charge >= 0.3 is 5.97 Å². The number of carboxylic acid groups (broad SMARTS) is 1. The molecule has 2 aliphatic heterocycles. The molecular weight excluding hydrogens is 222 g/mol. The van der Waals surface area contributed by atoms with Crippen LogP contribution in [0, 0.1) is 0 Å². The zero-order valence-corrected chi connectivity index (χ0v) is 9.20. The van der Waals surface area contributed by atoms with E-state index in [1.165, 1.54) is 11.8 Å².